The molecule has 0 amide bonds. The lowest BCUT2D eigenvalue weighted by atomic mass is 10.0. The van der Waals surface area contributed by atoms with E-state index in [0.29, 0.717) is 0 Å². The van der Waals surface area contributed by atoms with Crippen molar-refractivity contribution in [3.05, 3.63) is 32.6 Å². The Morgan fingerprint density at radius 2 is 1.58 bits per heavy atom. The van der Waals surface area contributed by atoms with Crippen molar-refractivity contribution in [1.29, 1.82) is 0 Å². The summed E-state index contributed by atoms with van der Waals surface area (Å²) in [5, 5.41) is 20.3. The number of nitrogens with zero attached hydrogens (tertiary/aromatic N) is 2. The molecule has 20 heteroatoms. The third kappa shape index (κ3) is 6.49. The number of aliphatic hydroxyl groups is 2. The van der Waals surface area contributed by atoms with Crippen LogP contribution in [0.2, 0.25) is 0 Å². The SMILES string of the molecule is Cn1cc([C@@H]2O[C@H](COP(=O)(O)OP(=O)(O)OP(=O)(O)O)C(O)C2O)c(=O)n(C)c1=O. The maximum absolute atomic E-state index is 12.3. The smallest absolute Gasteiger partial charge is 0.387 e. The first-order valence-electron chi connectivity index (χ1n) is 8.00. The monoisotopic (exact) mass is 512 g/mol. The van der Waals surface area contributed by atoms with E-state index < -0.39 is 65.7 Å². The number of phosphoric ester groups is 1. The second-order valence-electron chi connectivity index (χ2n) is 6.31. The maximum atomic E-state index is 12.3. The zero-order valence-corrected chi connectivity index (χ0v) is 18.4. The average molecular weight is 512 g/mol. The fourth-order valence-electron chi connectivity index (χ4n) is 2.65. The molecule has 1 aromatic heterocycles. The molecular formula is C11H19N2O15P3. The predicted octanol–water partition coefficient (Wildman–Crippen LogP) is -2.41. The molecule has 6 N–H and O–H groups in total. The third-order valence-corrected chi connectivity index (χ3v) is 7.76. The molecule has 6 atom stereocenters. The highest BCUT2D eigenvalue weighted by atomic mass is 31.3. The lowest BCUT2D eigenvalue weighted by molar-refractivity contribution is -0.0229. The number of aryl methyl sites for hydroxylation is 1. The molecule has 4 unspecified atom stereocenters. The summed E-state index contributed by atoms with van der Waals surface area (Å²) in [4.78, 5) is 59.5. The maximum Gasteiger partial charge on any atom is 0.490 e. The first-order valence-corrected chi connectivity index (χ1v) is 12.5. The van der Waals surface area contributed by atoms with Crippen molar-refractivity contribution < 1.29 is 61.4 Å². The van der Waals surface area contributed by atoms with E-state index >= 15 is 0 Å². The van der Waals surface area contributed by atoms with E-state index in [1.165, 1.54) is 14.1 Å². The van der Waals surface area contributed by atoms with Crippen molar-refractivity contribution in [2.45, 2.75) is 24.4 Å². The largest absolute Gasteiger partial charge is 0.490 e. The summed E-state index contributed by atoms with van der Waals surface area (Å²) in [7, 11) is -14.3. The van der Waals surface area contributed by atoms with Crippen LogP contribution in [0.25, 0.3) is 0 Å². The van der Waals surface area contributed by atoms with Gasteiger partial charge in [-0.1, -0.05) is 0 Å². The van der Waals surface area contributed by atoms with Crippen LogP contribution in [0.4, 0.5) is 0 Å². The van der Waals surface area contributed by atoms with Crippen LogP contribution in [0.15, 0.2) is 15.8 Å². The van der Waals surface area contributed by atoms with Gasteiger partial charge in [-0.2, -0.15) is 8.62 Å². The molecule has 1 saturated heterocycles. The van der Waals surface area contributed by atoms with Crippen LogP contribution < -0.4 is 11.2 Å². The van der Waals surface area contributed by atoms with Gasteiger partial charge in [-0.05, 0) is 0 Å². The summed E-state index contributed by atoms with van der Waals surface area (Å²) in [6.45, 7) is -1.04. The lowest BCUT2D eigenvalue weighted by Gasteiger charge is -2.19. The van der Waals surface area contributed by atoms with Gasteiger partial charge in [0.1, 0.15) is 24.4 Å². The van der Waals surface area contributed by atoms with Crippen molar-refractivity contribution >= 4 is 23.5 Å². The minimum absolute atomic E-state index is 0.225. The van der Waals surface area contributed by atoms with Crippen LogP contribution in [0.3, 0.4) is 0 Å². The molecule has 0 aromatic carbocycles. The van der Waals surface area contributed by atoms with Crippen molar-refractivity contribution in [3.8, 4) is 0 Å². The highest BCUT2D eigenvalue weighted by Gasteiger charge is 2.47. The predicted molar refractivity (Wildman–Crippen MR) is 96.4 cm³/mol. The highest BCUT2D eigenvalue weighted by molar-refractivity contribution is 7.66. The number of hydrogen-bond donors (Lipinski definition) is 6. The Kier molecular flexibility index (Phi) is 7.68. The van der Waals surface area contributed by atoms with Gasteiger partial charge in [0.2, 0.25) is 0 Å². The van der Waals surface area contributed by atoms with E-state index in [-0.39, 0.29) is 5.56 Å². The molecule has 178 valence electrons. The molecule has 1 aromatic rings. The summed E-state index contributed by atoms with van der Waals surface area (Å²) in [6, 6.07) is 0. The van der Waals surface area contributed by atoms with E-state index in [1.54, 1.807) is 0 Å². The molecule has 17 nitrogen and oxygen atoms in total. The summed E-state index contributed by atoms with van der Waals surface area (Å²) in [5.41, 5.74) is -1.74. The number of phosphoric acid groups is 3. The van der Waals surface area contributed by atoms with Gasteiger partial charge in [0, 0.05) is 20.3 Å². The average Bonchev–Trinajstić information content (AvgIpc) is 2.86. The first kappa shape index (κ1) is 26.2. The summed E-state index contributed by atoms with van der Waals surface area (Å²) >= 11 is 0. The fourth-order valence-corrected chi connectivity index (χ4v) is 5.68. The van der Waals surface area contributed by atoms with Crippen LogP contribution in [0, 0.1) is 0 Å². The summed E-state index contributed by atoms with van der Waals surface area (Å²) in [5.74, 6) is 0. The van der Waals surface area contributed by atoms with Crippen LogP contribution in [-0.4, -0.2) is 63.8 Å². The van der Waals surface area contributed by atoms with E-state index in [0.717, 1.165) is 15.3 Å². The Hall–Kier alpha value is -1.03. The van der Waals surface area contributed by atoms with E-state index in [1.807, 2.05) is 0 Å². The van der Waals surface area contributed by atoms with E-state index in [4.69, 9.17) is 19.4 Å². The van der Waals surface area contributed by atoms with Gasteiger partial charge in [-0.15, -0.1) is 0 Å². The number of aromatic nitrogens is 2. The number of hydrogen-bond acceptors (Lipinski definition) is 11. The zero-order valence-electron chi connectivity index (χ0n) is 15.7. The number of ether oxygens (including phenoxy) is 1. The van der Waals surface area contributed by atoms with Gasteiger partial charge in [-0.25, -0.2) is 18.5 Å². The minimum atomic E-state index is -5.74. The molecule has 0 saturated carbocycles. The minimum Gasteiger partial charge on any atom is -0.387 e. The first-order chi connectivity index (χ1) is 13.9. The Bertz CT molecular complexity index is 1090. The number of rotatable bonds is 8. The van der Waals surface area contributed by atoms with E-state index in [9.17, 15) is 38.4 Å². The molecular weight excluding hydrogens is 493 g/mol. The van der Waals surface area contributed by atoms with Gasteiger partial charge >= 0.3 is 29.2 Å². The Labute approximate surface area is 172 Å². The Morgan fingerprint density at radius 3 is 2.13 bits per heavy atom. The lowest BCUT2D eigenvalue weighted by Crippen LogP contribution is -2.40. The van der Waals surface area contributed by atoms with Crippen molar-refractivity contribution in [2.24, 2.45) is 14.1 Å². The summed E-state index contributed by atoms with van der Waals surface area (Å²) < 4.78 is 52.1. The molecule has 0 radical (unpaired) electrons. The number of aliphatic hydroxyl groups excluding tert-OH is 2. The molecule has 31 heavy (non-hydrogen) atoms. The molecule has 1 aliphatic rings. The van der Waals surface area contributed by atoms with E-state index in [2.05, 4.69) is 13.1 Å². The normalized spacial score (nSPS) is 28.3. The standard InChI is InChI=1S/C11H19N2O15P3/c1-12-3-5(10(16)13(2)11(12)17)9-8(15)7(14)6(26-9)4-25-30(21,22)28-31(23,24)27-29(18,19)20/h3,6-9,14-15H,4H2,1-2H3,(H,21,22)(H,23,24)(H2,18,19,20)/t6-,7?,8?,9+/m1/s1. The van der Waals surface area contributed by atoms with Crippen LogP contribution in [-0.2, 0) is 45.7 Å². The van der Waals surface area contributed by atoms with Gasteiger partial charge in [0.05, 0.1) is 12.2 Å². The molecule has 0 spiro atoms. The van der Waals surface area contributed by atoms with Crippen LogP contribution in [0.5, 0.6) is 0 Å². The van der Waals surface area contributed by atoms with Crippen LogP contribution in [0.1, 0.15) is 11.7 Å². The van der Waals surface area contributed by atoms with Gasteiger partial charge in [0.15, 0.2) is 0 Å². The van der Waals surface area contributed by atoms with Crippen molar-refractivity contribution in [2.75, 3.05) is 6.61 Å². The Balaban J connectivity index is 2.14. The second-order valence-corrected chi connectivity index (χ2v) is 10.7. The van der Waals surface area contributed by atoms with Gasteiger partial charge < -0.3 is 39.1 Å². The molecule has 1 aliphatic heterocycles. The molecule has 2 rings (SSSR count). The topological polar surface area (TPSA) is 254 Å². The van der Waals surface area contributed by atoms with Gasteiger partial charge in [0.25, 0.3) is 5.56 Å². The molecule has 0 aliphatic carbocycles. The third-order valence-electron chi connectivity index (χ3n) is 3.96. The van der Waals surface area contributed by atoms with Gasteiger partial charge in [-0.3, -0.25) is 13.9 Å². The second kappa shape index (κ2) is 9.08. The van der Waals surface area contributed by atoms with Crippen molar-refractivity contribution in [1.82, 2.24) is 9.13 Å². The molecule has 0 bridgehead atoms. The highest BCUT2D eigenvalue weighted by Crippen LogP contribution is 2.66. The Morgan fingerprint density at radius 1 is 1.00 bits per heavy atom. The zero-order chi connectivity index (χ0) is 23.9. The quantitative estimate of drug-likeness (QED) is 0.198. The van der Waals surface area contributed by atoms with Crippen molar-refractivity contribution in [3.63, 3.8) is 0 Å². The molecule has 1 fully saturated rings. The fraction of sp³-hybridized carbons (Fsp3) is 0.636. The summed E-state index contributed by atoms with van der Waals surface area (Å²) in [6.07, 6.45) is -5.49. The molecule has 2 heterocycles. The van der Waals surface area contributed by atoms with Crippen LogP contribution >= 0.6 is 23.5 Å².